The van der Waals surface area contributed by atoms with Crippen LogP contribution in [0, 0.1) is 5.82 Å². The summed E-state index contributed by atoms with van der Waals surface area (Å²) in [4.78, 5) is 27.6. The Morgan fingerprint density at radius 3 is 2.46 bits per heavy atom. The monoisotopic (exact) mass is 406 g/mol. The quantitative estimate of drug-likeness (QED) is 0.767. The van der Waals surface area contributed by atoms with E-state index in [1.54, 1.807) is 18.2 Å². The summed E-state index contributed by atoms with van der Waals surface area (Å²) in [7, 11) is -3.43. The number of carbonyl (C=O) groups excluding carboxylic acids is 2. The van der Waals surface area contributed by atoms with Crippen LogP contribution in [0.25, 0.3) is 0 Å². The van der Waals surface area contributed by atoms with Gasteiger partial charge in [0.2, 0.25) is 15.9 Å². The Hall–Kier alpha value is -3.14. The number of anilines is 3. The molecule has 1 aliphatic heterocycles. The van der Waals surface area contributed by atoms with Crippen molar-refractivity contribution in [1.29, 1.82) is 0 Å². The zero-order valence-corrected chi connectivity index (χ0v) is 15.9. The highest BCUT2D eigenvalue weighted by atomic mass is 32.2. The summed E-state index contributed by atoms with van der Waals surface area (Å²) in [5, 5.41) is 2.64. The van der Waals surface area contributed by atoms with E-state index in [9.17, 15) is 22.4 Å². The van der Waals surface area contributed by atoms with Crippen LogP contribution in [0.15, 0.2) is 48.5 Å². The lowest BCUT2D eigenvalue weighted by atomic mass is 10.3. The van der Waals surface area contributed by atoms with Crippen LogP contribution in [0.5, 0.6) is 0 Å². The first-order valence-corrected chi connectivity index (χ1v) is 10.3. The van der Waals surface area contributed by atoms with Gasteiger partial charge in [0.25, 0.3) is 0 Å². The molecule has 0 saturated carbocycles. The minimum Gasteiger partial charge on any atom is -0.324 e. The van der Waals surface area contributed by atoms with Crippen molar-refractivity contribution in [3.05, 3.63) is 54.3 Å². The summed E-state index contributed by atoms with van der Waals surface area (Å²) in [5.74, 6) is -0.801. The predicted octanol–water partition coefficient (Wildman–Crippen LogP) is 2.08. The van der Waals surface area contributed by atoms with Gasteiger partial charge in [0, 0.05) is 24.5 Å². The summed E-state index contributed by atoms with van der Waals surface area (Å²) in [5.41, 5.74) is 1.29. The van der Waals surface area contributed by atoms with E-state index in [0.29, 0.717) is 30.2 Å². The molecule has 2 N–H and O–H groups in total. The number of urea groups is 1. The predicted molar refractivity (Wildman–Crippen MR) is 104 cm³/mol. The fraction of sp³-hybridized carbons (Fsp3) is 0.222. The number of carbonyl (C=O) groups is 2. The van der Waals surface area contributed by atoms with E-state index in [0.717, 1.165) is 6.26 Å². The van der Waals surface area contributed by atoms with Crippen LogP contribution in [0.1, 0.15) is 0 Å². The zero-order valence-electron chi connectivity index (χ0n) is 15.1. The Morgan fingerprint density at radius 1 is 1.11 bits per heavy atom. The Bertz CT molecular complexity index is 995. The lowest BCUT2D eigenvalue weighted by molar-refractivity contribution is -0.116. The van der Waals surface area contributed by atoms with Crippen LogP contribution >= 0.6 is 0 Å². The van der Waals surface area contributed by atoms with Gasteiger partial charge in [0.1, 0.15) is 12.4 Å². The van der Waals surface area contributed by atoms with Gasteiger partial charge in [-0.1, -0.05) is 6.07 Å². The summed E-state index contributed by atoms with van der Waals surface area (Å²) in [6.45, 7) is 0.602. The minimum atomic E-state index is -3.43. The van der Waals surface area contributed by atoms with Crippen molar-refractivity contribution in [3.8, 4) is 0 Å². The van der Waals surface area contributed by atoms with Gasteiger partial charge in [0.15, 0.2) is 0 Å². The first-order valence-electron chi connectivity index (χ1n) is 8.41. The number of halogens is 1. The molecule has 1 fully saturated rings. The van der Waals surface area contributed by atoms with Crippen LogP contribution < -0.4 is 14.9 Å². The molecule has 10 heteroatoms. The molecule has 3 amide bonds. The van der Waals surface area contributed by atoms with Crippen molar-refractivity contribution in [3.63, 3.8) is 0 Å². The van der Waals surface area contributed by atoms with Crippen LogP contribution in [0.3, 0.4) is 0 Å². The molecule has 0 radical (unpaired) electrons. The maximum absolute atomic E-state index is 13.0. The van der Waals surface area contributed by atoms with E-state index in [-0.39, 0.29) is 18.4 Å². The second-order valence-corrected chi connectivity index (χ2v) is 8.08. The second-order valence-electron chi connectivity index (χ2n) is 6.34. The number of rotatable bonds is 6. The Kier molecular flexibility index (Phi) is 5.50. The molecule has 2 aromatic rings. The molecule has 0 unspecified atom stereocenters. The van der Waals surface area contributed by atoms with Crippen LogP contribution in [0.4, 0.5) is 26.2 Å². The number of benzene rings is 2. The Morgan fingerprint density at radius 2 is 1.79 bits per heavy atom. The Balaban J connectivity index is 1.60. The lowest BCUT2D eigenvalue weighted by Gasteiger charge is -2.18. The van der Waals surface area contributed by atoms with Gasteiger partial charge in [-0.15, -0.1) is 0 Å². The molecule has 1 aliphatic rings. The van der Waals surface area contributed by atoms with Gasteiger partial charge >= 0.3 is 6.03 Å². The minimum absolute atomic E-state index is 0.153. The van der Waals surface area contributed by atoms with Gasteiger partial charge in [-0.05, 0) is 42.5 Å². The van der Waals surface area contributed by atoms with Crippen molar-refractivity contribution >= 4 is 39.0 Å². The largest absolute Gasteiger partial charge is 0.325 e. The van der Waals surface area contributed by atoms with E-state index in [2.05, 4.69) is 10.0 Å². The zero-order chi connectivity index (χ0) is 20.3. The maximum Gasteiger partial charge on any atom is 0.325 e. The van der Waals surface area contributed by atoms with E-state index < -0.39 is 15.9 Å². The molecule has 148 valence electrons. The van der Waals surface area contributed by atoms with Crippen LogP contribution in [0.2, 0.25) is 0 Å². The van der Waals surface area contributed by atoms with Crippen molar-refractivity contribution in [1.82, 2.24) is 4.90 Å². The molecule has 1 heterocycles. The average molecular weight is 406 g/mol. The first kappa shape index (κ1) is 19.6. The van der Waals surface area contributed by atoms with Crippen molar-refractivity contribution < 1.29 is 22.4 Å². The fourth-order valence-electron chi connectivity index (χ4n) is 2.84. The van der Waals surface area contributed by atoms with Gasteiger partial charge in [-0.2, -0.15) is 0 Å². The van der Waals surface area contributed by atoms with E-state index in [1.165, 1.54) is 40.1 Å². The molecule has 0 bridgehead atoms. The number of nitrogens with zero attached hydrogens (tertiary/aromatic N) is 2. The summed E-state index contributed by atoms with van der Waals surface area (Å²) in [6, 6.07) is 11.5. The van der Waals surface area contributed by atoms with E-state index in [4.69, 9.17) is 0 Å². The van der Waals surface area contributed by atoms with Gasteiger partial charge in [0.05, 0.1) is 11.9 Å². The van der Waals surface area contributed by atoms with Gasteiger partial charge < -0.3 is 10.2 Å². The molecule has 28 heavy (non-hydrogen) atoms. The fourth-order valence-corrected chi connectivity index (χ4v) is 3.39. The molecule has 2 aromatic carbocycles. The topological polar surface area (TPSA) is 98.8 Å². The molecule has 1 saturated heterocycles. The highest BCUT2D eigenvalue weighted by Crippen LogP contribution is 2.21. The number of amides is 3. The molecule has 0 aromatic heterocycles. The third kappa shape index (κ3) is 4.97. The second kappa shape index (κ2) is 7.85. The number of sulfonamides is 1. The average Bonchev–Trinajstić information content (AvgIpc) is 2.95. The molecule has 0 aliphatic carbocycles. The number of hydrogen-bond donors (Lipinski definition) is 2. The first-order chi connectivity index (χ1) is 13.2. The summed E-state index contributed by atoms with van der Waals surface area (Å²) >= 11 is 0. The van der Waals surface area contributed by atoms with Crippen LogP contribution in [-0.2, 0) is 14.8 Å². The highest BCUT2D eigenvalue weighted by molar-refractivity contribution is 7.92. The molecule has 0 spiro atoms. The van der Waals surface area contributed by atoms with E-state index in [1.807, 2.05) is 0 Å². The third-order valence-electron chi connectivity index (χ3n) is 4.02. The SMILES string of the molecule is CS(=O)(=O)Nc1cccc(NC(=O)CN2CCN(c3ccc(F)cc3)C2=O)c1. The van der Waals surface area contributed by atoms with Gasteiger partial charge in [-0.25, -0.2) is 17.6 Å². The standard InChI is InChI=1S/C18H19FN4O4S/c1-28(26,27)21-15-4-2-3-14(11-15)20-17(24)12-22-9-10-23(18(22)25)16-7-5-13(19)6-8-16/h2-8,11,21H,9-10,12H2,1H3,(H,20,24). The van der Waals surface area contributed by atoms with E-state index >= 15 is 0 Å². The van der Waals surface area contributed by atoms with Gasteiger partial charge in [-0.3, -0.25) is 14.4 Å². The normalized spacial score (nSPS) is 14.3. The summed E-state index contributed by atoms with van der Waals surface area (Å²) < 4.78 is 38.0. The summed E-state index contributed by atoms with van der Waals surface area (Å²) in [6.07, 6.45) is 1.03. The molecule has 8 nitrogen and oxygen atoms in total. The highest BCUT2D eigenvalue weighted by Gasteiger charge is 2.30. The molecule has 0 atom stereocenters. The smallest absolute Gasteiger partial charge is 0.324 e. The van der Waals surface area contributed by atoms with Crippen molar-refractivity contribution in [2.24, 2.45) is 0 Å². The van der Waals surface area contributed by atoms with Crippen molar-refractivity contribution in [2.45, 2.75) is 0 Å². The van der Waals surface area contributed by atoms with Crippen LogP contribution in [-0.4, -0.2) is 51.1 Å². The molecular formula is C18H19FN4O4S. The third-order valence-corrected chi connectivity index (χ3v) is 4.62. The molecular weight excluding hydrogens is 387 g/mol. The Labute approximate surface area is 162 Å². The van der Waals surface area contributed by atoms with Crippen molar-refractivity contribution in [2.75, 3.05) is 40.8 Å². The molecule has 3 rings (SSSR count). The number of hydrogen-bond acceptors (Lipinski definition) is 4. The lowest BCUT2D eigenvalue weighted by Crippen LogP contribution is -2.37. The maximum atomic E-state index is 13.0. The number of nitrogens with one attached hydrogen (secondary N) is 2.